The molecule has 3 heterocycles. The Morgan fingerprint density at radius 1 is 1.19 bits per heavy atom. The van der Waals surface area contributed by atoms with Crippen LogP contribution in [0.15, 0.2) is 36.8 Å². The van der Waals surface area contributed by atoms with Crippen molar-refractivity contribution >= 4 is 34.5 Å². The summed E-state index contributed by atoms with van der Waals surface area (Å²) in [6.07, 6.45) is 4.51. The molecule has 2 amide bonds. The second kappa shape index (κ2) is 9.13. The highest BCUT2D eigenvalue weighted by molar-refractivity contribution is 6.32. The van der Waals surface area contributed by atoms with Gasteiger partial charge in [-0.2, -0.15) is 13.9 Å². The molecule has 0 aliphatic heterocycles. The molecule has 3 aromatic rings. The minimum absolute atomic E-state index is 0.148. The number of amides is 2. The molecule has 0 aliphatic carbocycles. The maximum absolute atomic E-state index is 12.2. The van der Waals surface area contributed by atoms with Gasteiger partial charge in [-0.05, 0) is 30.7 Å². The molecule has 7 nitrogen and oxygen atoms in total. The number of halogens is 3. The van der Waals surface area contributed by atoms with E-state index in [9.17, 15) is 13.6 Å². The van der Waals surface area contributed by atoms with Crippen LogP contribution >= 0.6 is 11.6 Å². The van der Waals surface area contributed by atoms with Crippen molar-refractivity contribution in [1.82, 2.24) is 14.6 Å². The van der Waals surface area contributed by atoms with Crippen LogP contribution in [0.3, 0.4) is 0 Å². The quantitative estimate of drug-likeness (QED) is 0.651. The van der Waals surface area contributed by atoms with Crippen molar-refractivity contribution in [2.75, 3.05) is 10.6 Å². The molecular formula is C17H18ClF2N5O2. The van der Waals surface area contributed by atoms with E-state index < -0.39 is 18.5 Å². The van der Waals surface area contributed by atoms with Gasteiger partial charge < -0.3 is 15.4 Å². The zero-order valence-corrected chi connectivity index (χ0v) is 15.6. The normalized spacial score (nSPS) is 10.3. The number of alkyl halides is 2. The molecule has 3 aromatic heterocycles. The molecule has 3 rings (SSSR count). The molecule has 0 saturated carbocycles. The zero-order valence-electron chi connectivity index (χ0n) is 14.8. The van der Waals surface area contributed by atoms with Crippen LogP contribution < -0.4 is 15.4 Å². The number of hydrogen-bond acceptors (Lipinski definition) is 4. The number of pyridine rings is 1. The van der Waals surface area contributed by atoms with Crippen LogP contribution in [0.5, 0.6) is 5.88 Å². The first kappa shape index (κ1) is 20.4. The van der Waals surface area contributed by atoms with Gasteiger partial charge in [0.25, 0.3) is 0 Å². The summed E-state index contributed by atoms with van der Waals surface area (Å²) >= 11 is 5.78. The van der Waals surface area contributed by atoms with Gasteiger partial charge in [0.15, 0.2) is 0 Å². The summed E-state index contributed by atoms with van der Waals surface area (Å²) < 4.78 is 30.1. The fourth-order valence-corrected chi connectivity index (χ4v) is 2.37. The predicted octanol–water partition coefficient (Wildman–Crippen LogP) is 4.96. The van der Waals surface area contributed by atoms with Crippen molar-refractivity contribution in [3.8, 4) is 5.88 Å². The highest BCUT2D eigenvalue weighted by Gasteiger charge is 2.12. The number of rotatable bonds is 4. The molecule has 0 unspecified atom stereocenters. The number of aromatic nitrogens is 3. The number of nitrogens with one attached hydrogen (secondary N) is 2. The average molecular weight is 398 g/mol. The summed E-state index contributed by atoms with van der Waals surface area (Å²) in [6, 6.07) is 4.37. The number of hydrogen-bond donors (Lipinski definition) is 2. The summed E-state index contributed by atoms with van der Waals surface area (Å²) in [4.78, 5) is 15.6. The van der Waals surface area contributed by atoms with Gasteiger partial charge in [-0.3, -0.25) is 0 Å². The molecule has 144 valence electrons. The van der Waals surface area contributed by atoms with Gasteiger partial charge in [0.1, 0.15) is 5.02 Å². The number of fused-ring (bicyclic) bond motifs is 1. The molecule has 0 radical (unpaired) electrons. The minimum atomic E-state index is -3.03. The molecular weight excluding hydrogens is 380 g/mol. The first-order valence-electron chi connectivity index (χ1n) is 8.04. The fourth-order valence-electron chi connectivity index (χ4n) is 2.16. The summed E-state index contributed by atoms with van der Waals surface area (Å²) in [6.45, 7) is 2.90. The van der Waals surface area contributed by atoms with Crippen LogP contribution in [0, 0.1) is 6.92 Å². The molecule has 0 bridgehead atoms. The lowest BCUT2D eigenvalue weighted by Gasteiger charge is -2.09. The van der Waals surface area contributed by atoms with Crippen LogP contribution in [0.25, 0.3) is 5.52 Å². The Kier molecular flexibility index (Phi) is 6.89. The molecule has 0 spiro atoms. The Bertz CT molecular complexity index is 933. The smallest absolute Gasteiger partial charge is 0.388 e. The Balaban J connectivity index is 0.00000126. The predicted molar refractivity (Wildman–Crippen MR) is 99.8 cm³/mol. The van der Waals surface area contributed by atoms with Crippen LogP contribution in [0.2, 0.25) is 5.02 Å². The number of carbonyl (C=O) groups is 1. The van der Waals surface area contributed by atoms with Gasteiger partial charge in [-0.15, -0.1) is 0 Å². The molecule has 0 aliphatic rings. The Morgan fingerprint density at radius 2 is 1.85 bits per heavy atom. The minimum Gasteiger partial charge on any atom is -0.415 e. The van der Waals surface area contributed by atoms with E-state index in [1.807, 2.05) is 33.0 Å². The van der Waals surface area contributed by atoms with Gasteiger partial charge in [-0.25, -0.2) is 14.3 Å². The number of urea groups is 1. The molecule has 0 saturated heterocycles. The van der Waals surface area contributed by atoms with Crippen molar-refractivity contribution in [2.24, 2.45) is 0 Å². The van der Waals surface area contributed by atoms with Gasteiger partial charge in [0.2, 0.25) is 5.88 Å². The number of carbonyl (C=O) groups excluding carboxylic acids is 1. The van der Waals surface area contributed by atoms with E-state index in [1.165, 1.54) is 12.3 Å². The Labute approximate surface area is 159 Å². The number of anilines is 2. The lowest BCUT2D eigenvalue weighted by Crippen LogP contribution is -2.20. The van der Waals surface area contributed by atoms with E-state index >= 15 is 0 Å². The van der Waals surface area contributed by atoms with Crippen molar-refractivity contribution in [3.05, 3.63) is 47.4 Å². The average Bonchev–Trinajstić information content (AvgIpc) is 2.98. The van der Waals surface area contributed by atoms with Gasteiger partial charge in [0, 0.05) is 6.20 Å². The number of aryl methyl sites for hydroxylation is 1. The summed E-state index contributed by atoms with van der Waals surface area (Å²) in [7, 11) is 0. The first-order valence-corrected chi connectivity index (χ1v) is 8.42. The third-order valence-electron chi connectivity index (χ3n) is 3.11. The highest BCUT2D eigenvalue weighted by Crippen LogP contribution is 2.26. The van der Waals surface area contributed by atoms with E-state index in [-0.39, 0.29) is 10.7 Å². The second-order valence-corrected chi connectivity index (χ2v) is 5.51. The van der Waals surface area contributed by atoms with Gasteiger partial charge in [0.05, 0.1) is 29.3 Å². The Hall–Kier alpha value is -2.94. The molecule has 0 aromatic carbocycles. The van der Waals surface area contributed by atoms with Crippen molar-refractivity contribution in [3.63, 3.8) is 0 Å². The maximum Gasteiger partial charge on any atom is 0.388 e. The SMILES string of the molecule is CC.Cc1cc2cc(NC(=O)Nc3cnc(OC(F)F)c(Cl)c3)cnn2c1. The van der Waals surface area contributed by atoms with Crippen LogP contribution in [-0.4, -0.2) is 27.2 Å². The second-order valence-electron chi connectivity index (χ2n) is 5.10. The molecule has 0 fully saturated rings. The highest BCUT2D eigenvalue weighted by atomic mass is 35.5. The number of nitrogens with zero attached hydrogens (tertiary/aromatic N) is 3. The van der Waals surface area contributed by atoms with Crippen molar-refractivity contribution in [2.45, 2.75) is 27.4 Å². The van der Waals surface area contributed by atoms with Crippen molar-refractivity contribution < 1.29 is 18.3 Å². The lowest BCUT2D eigenvalue weighted by molar-refractivity contribution is -0.0527. The van der Waals surface area contributed by atoms with Crippen LogP contribution in [-0.2, 0) is 0 Å². The van der Waals surface area contributed by atoms with Gasteiger partial charge >= 0.3 is 12.6 Å². The van der Waals surface area contributed by atoms with Gasteiger partial charge in [-0.1, -0.05) is 25.4 Å². The first-order chi connectivity index (χ1) is 12.9. The standard InChI is InChI=1S/C15H12ClF2N5O2.C2H6/c1-8-2-11-3-9(6-20-23(11)7-8)21-15(24)22-10-4-12(16)13(19-5-10)25-14(17)18;1-2/h2-7,14H,1H3,(H2,21,22,24);1-2H3. The molecule has 10 heteroatoms. The lowest BCUT2D eigenvalue weighted by atomic mass is 10.3. The molecule has 27 heavy (non-hydrogen) atoms. The summed E-state index contributed by atoms with van der Waals surface area (Å²) in [5.74, 6) is -0.416. The monoisotopic (exact) mass is 397 g/mol. The Morgan fingerprint density at radius 3 is 2.48 bits per heavy atom. The molecule has 0 atom stereocenters. The number of ether oxygens (including phenoxy) is 1. The topological polar surface area (TPSA) is 80.5 Å². The van der Waals surface area contributed by atoms with E-state index in [4.69, 9.17) is 11.6 Å². The summed E-state index contributed by atoms with van der Waals surface area (Å²) in [5, 5.41) is 9.12. The zero-order chi connectivity index (χ0) is 20.0. The molecule has 2 N–H and O–H groups in total. The van der Waals surface area contributed by atoms with E-state index in [2.05, 4.69) is 25.5 Å². The van der Waals surface area contributed by atoms with E-state index in [1.54, 1.807) is 10.6 Å². The largest absolute Gasteiger partial charge is 0.415 e. The third kappa shape index (κ3) is 5.52. The third-order valence-corrected chi connectivity index (χ3v) is 3.39. The van der Waals surface area contributed by atoms with E-state index in [0.29, 0.717) is 5.69 Å². The summed E-state index contributed by atoms with van der Waals surface area (Å²) in [5.41, 5.74) is 2.57. The maximum atomic E-state index is 12.2. The van der Waals surface area contributed by atoms with E-state index in [0.717, 1.165) is 17.3 Å². The van der Waals surface area contributed by atoms with Crippen LogP contribution in [0.4, 0.5) is 25.0 Å². The van der Waals surface area contributed by atoms with Crippen molar-refractivity contribution in [1.29, 1.82) is 0 Å². The fraction of sp³-hybridized carbons (Fsp3) is 0.235. The van der Waals surface area contributed by atoms with Crippen LogP contribution in [0.1, 0.15) is 19.4 Å².